The average Bonchev–Trinajstić information content (AvgIpc) is 2.72. The lowest BCUT2D eigenvalue weighted by Crippen LogP contribution is -2.22. The standard InChI is InChI=1S/C14H16N2S/c1-9-14(17-8-16-9)13(15)7-11-6-10-4-2-3-5-12(10)11/h2-5,8,11,13H,6-7,15H2,1H3. The van der Waals surface area contributed by atoms with Gasteiger partial charge in [0.1, 0.15) is 0 Å². The number of aryl methyl sites for hydroxylation is 1. The van der Waals surface area contributed by atoms with E-state index in [1.807, 2.05) is 12.4 Å². The lowest BCUT2D eigenvalue weighted by atomic mass is 9.74. The maximum atomic E-state index is 6.28. The number of benzene rings is 1. The highest BCUT2D eigenvalue weighted by Gasteiger charge is 2.28. The zero-order chi connectivity index (χ0) is 11.8. The van der Waals surface area contributed by atoms with Crippen molar-refractivity contribution in [2.75, 3.05) is 0 Å². The first-order valence-corrected chi connectivity index (χ1v) is 6.87. The second-order valence-electron chi connectivity index (χ2n) is 4.74. The van der Waals surface area contributed by atoms with Crippen molar-refractivity contribution in [1.82, 2.24) is 4.98 Å². The number of rotatable bonds is 3. The minimum Gasteiger partial charge on any atom is -0.323 e. The second-order valence-corrected chi connectivity index (χ2v) is 5.63. The van der Waals surface area contributed by atoms with E-state index in [2.05, 4.69) is 29.2 Å². The summed E-state index contributed by atoms with van der Waals surface area (Å²) in [5, 5.41) is 0. The minimum atomic E-state index is 0.140. The molecule has 1 aromatic carbocycles. The third kappa shape index (κ3) is 1.90. The Morgan fingerprint density at radius 1 is 1.47 bits per heavy atom. The molecule has 0 bridgehead atoms. The minimum absolute atomic E-state index is 0.140. The van der Waals surface area contributed by atoms with Crippen LogP contribution in [0.15, 0.2) is 29.8 Å². The summed E-state index contributed by atoms with van der Waals surface area (Å²) >= 11 is 1.68. The van der Waals surface area contributed by atoms with Gasteiger partial charge in [0, 0.05) is 10.9 Å². The normalized spacial score (nSPS) is 19.5. The summed E-state index contributed by atoms with van der Waals surface area (Å²) in [5.41, 5.74) is 12.2. The van der Waals surface area contributed by atoms with Gasteiger partial charge in [-0.25, -0.2) is 4.98 Å². The van der Waals surface area contributed by atoms with E-state index in [-0.39, 0.29) is 6.04 Å². The Bertz CT molecular complexity index is 533. The molecule has 1 aromatic heterocycles. The van der Waals surface area contributed by atoms with Gasteiger partial charge in [-0.05, 0) is 36.8 Å². The van der Waals surface area contributed by atoms with Crippen LogP contribution in [-0.2, 0) is 6.42 Å². The van der Waals surface area contributed by atoms with Crippen molar-refractivity contribution in [2.45, 2.75) is 31.7 Å². The molecule has 3 heteroatoms. The fourth-order valence-corrected chi connectivity index (χ4v) is 3.47. The number of aromatic nitrogens is 1. The predicted molar refractivity (Wildman–Crippen MR) is 71.3 cm³/mol. The highest BCUT2D eigenvalue weighted by atomic mass is 32.1. The van der Waals surface area contributed by atoms with Gasteiger partial charge in [-0.2, -0.15) is 0 Å². The van der Waals surface area contributed by atoms with Crippen LogP contribution in [0.3, 0.4) is 0 Å². The number of thiazole rings is 1. The van der Waals surface area contributed by atoms with Crippen molar-refractivity contribution in [1.29, 1.82) is 0 Å². The van der Waals surface area contributed by atoms with E-state index >= 15 is 0 Å². The summed E-state index contributed by atoms with van der Waals surface area (Å²) in [6.45, 7) is 2.04. The predicted octanol–water partition coefficient (Wildman–Crippen LogP) is 3.18. The molecule has 1 heterocycles. The number of fused-ring (bicyclic) bond motifs is 1. The van der Waals surface area contributed by atoms with Crippen LogP contribution in [0.4, 0.5) is 0 Å². The molecule has 17 heavy (non-hydrogen) atoms. The van der Waals surface area contributed by atoms with Crippen LogP contribution in [-0.4, -0.2) is 4.98 Å². The molecular weight excluding hydrogens is 228 g/mol. The Balaban J connectivity index is 1.72. The topological polar surface area (TPSA) is 38.9 Å². The molecule has 88 valence electrons. The summed E-state index contributed by atoms with van der Waals surface area (Å²) in [5.74, 6) is 0.641. The van der Waals surface area contributed by atoms with E-state index in [1.165, 1.54) is 22.4 Å². The van der Waals surface area contributed by atoms with E-state index in [0.29, 0.717) is 5.92 Å². The molecule has 1 aliphatic rings. The van der Waals surface area contributed by atoms with Gasteiger partial charge in [-0.1, -0.05) is 24.3 Å². The van der Waals surface area contributed by atoms with E-state index in [0.717, 1.165) is 12.1 Å². The summed E-state index contributed by atoms with van der Waals surface area (Å²) in [7, 11) is 0. The molecule has 0 spiro atoms. The zero-order valence-corrected chi connectivity index (χ0v) is 10.7. The van der Waals surface area contributed by atoms with Crippen LogP contribution >= 0.6 is 11.3 Å². The van der Waals surface area contributed by atoms with Crippen LogP contribution in [0.1, 0.15) is 40.1 Å². The van der Waals surface area contributed by atoms with E-state index in [4.69, 9.17) is 5.73 Å². The quantitative estimate of drug-likeness (QED) is 0.900. The molecule has 2 aromatic rings. The fourth-order valence-electron chi connectivity index (χ4n) is 2.65. The van der Waals surface area contributed by atoms with Gasteiger partial charge in [0.15, 0.2) is 0 Å². The van der Waals surface area contributed by atoms with Gasteiger partial charge >= 0.3 is 0 Å². The molecular formula is C14H16N2S. The Morgan fingerprint density at radius 3 is 3.00 bits per heavy atom. The first-order valence-electron chi connectivity index (χ1n) is 5.99. The smallest absolute Gasteiger partial charge is 0.0798 e. The summed E-state index contributed by atoms with van der Waals surface area (Å²) in [6, 6.07) is 8.82. The molecule has 0 amide bonds. The highest BCUT2D eigenvalue weighted by molar-refractivity contribution is 7.09. The van der Waals surface area contributed by atoms with E-state index in [9.17, 15) is 0 Å². The first-order chi connectivity index (χ1) is 8.25. The molecule has 3 rings (SSSR count). The maximum absolute atomic E-state index is 6.28. The van der Waals surface area contributed by atoms with Crippen molar-refractivity contribution < 1.29 is 0 Å². The Hall–Kier alpha value is -1.19. The van der Waals surface area contributed by atoms with Gasteiger partial charge < -0.3 is 5.73 Å². The fraction of sp³-hybridized carbons (Fsp3) is 0.357. The van der Waals surface area contributed by atoms with Gasteiger partial charge in [0.25, 0.3) is 0 Å². The van der Waals surface area contributed by atoms with Crippen molar-refractivity contribution >= 4 is 11.3 Å². The van der Waals surface area contributed by atoms with Gasteiger partial charge in [-0.3, -0.25) is 0 Å². The molecule has 2 N–H and O–H groups in total. The maximum Gasteiger partial charge on any atom is 0.0798 e. The van der Waals surface area contributed by atoms with Gasteiger partial charge in [0.05, 0.1) is 11.2 Å². The molecule has 0 fully saturated rings. The molecule has 0 saturated carbocycles. The third-order valence-electron chi connectivity index (χ3n) is 3.62. The number of nitrogens with zero attached hydrogens (tertiary/aromatic N) is 1. The molecule has 0 saturated heterocycles. The molecule has 2 atom stereocenters. The Kier molecular flexibility index (Phi) is 2.73. The number of hydrogen-bond donors (Lipinski definition) is 1. The van der Waals surface area contributed by atoms with Crippen molar-refractivity contribution in [3.05, 3.63) is 51.5 Å². The number of nitrogens with two attached hydrogens (primary N) is 1. The first kappa shape index (κ1) is 10.9. The van der Waals surface area contributed by atoms with Crippen LogP contribution in [0, 0.1) is 6.92 Å². The van der Waals surface area contributed by atoms with Crippen LogP contribution in [0.25, 0.3) is 0 Å². The van der Waals surface area contributed by atoms with Gasteiger partial charge in [0.2, 0.25) is 0 Å². The monoisotopic (exact) mass is 244 g/mol. The average molecular weight is 244 g/mol. The zero-order valence-electron chi connectivity index (χ0n) is 9.89. The summed E-state index contributed by atoms with van der Waals surface area (Å²) in [6.07, 6.45) is 2.22. The molecule has 2 unspecified atom stereocenters. The second kappa shape index (κ2) is 4.24. The van der Waals surface area contributed by atoms with Crippen LogP contribution < -0.4 is 5.73 Å². The van der Waals surface area contributed by atoms with Crippen molar-refractivity contribution in [3.63, 3.8) is 0 Å². The highest BCUT2D eigenvalue weighted by Crippen LogP contribution is 2.40. The van der Waals surface area contributed by atoms with Crippen molar-refractivity contribution in [2.24, 2.45) is 5.73 Å². The molecule has 1 aliphatic carbocycles. The Labute approximate surface area is 106 Å². The van der Waals surface area contributed by atoms with Crippen molar-refractivity contribution in [3.8, 4) is 0 Å². The third-order valence-corrected chi connectivity index (χ3v) is 4.68. The van der Waals surface area contributed by atoms with E-state index in [1.54, 1.807) is 11.3 Å². The summed E-state index contributed by atoms with van der Waals surface area (Å²) < 4.78 is 0. The molecule has 0 aliphatic heterocycles. The van der Waals surface area contributed by atoms with Crippen LogP contribution in [0.5, 0.6) is 0 Å². The molecule has 2 nitrogen and oxygen atoms in total. The van der Waals surface area contributed by atoms with Gasteiger partial charge in [-0.15, -0.1) is 11.3 Å². The largest absolute Gasteiger partial charge is 0.323 e. The molecule has 0 radical (unpaired) electrons. The SMILES string of the molecule is Cc1ncsc1C(N)CC1Cc2ccccc21. The number of hydrogen-bond acceptors (Lipinski definition) is 3. The van der Waals surface area contributed by atoms with E-state index < -0.39 is 0 Å². The summed E-state index contributed by atoms with van der Waals surface area (Å²) in [4.78, 5) is 5.52. The Morgan fingerprint density at radius 2 is 2.29 bits per heavy atom. The lowest BCUT2D eigenvalue weighted by molar-refractivity contribution is 0.501. The van der Waals surface area contributed by atoms with Crippen LogP contribution in [0.2, 0.25) is 0 Å². The lowest BCUT2D eigenvalue weighted by Gasteiger charge is -2.31.